The summed E-state index contributed by atoms with van der Waals surface area (Å²) in [6.45, 7) is 1.60. The fraction of sp³-hybridized carbons (Fsp3) is 0.265. The molecule has 210 valence electrons. The molecule has 4 aromatic rings. The molecule has 8 nitrogen and oxygen atoms in total. The minimum atomic E-state index is -0.321. The Kier molecular flexibility index (Phi) is 6.34. The van der Waals surface area contributed by atoms with E-state index in [1.54, 1.807) is 24.3 Å². The Hall–Kier alpha value is -4.85. The summed E-state index contributed by atoms with van der Waals surface area (Å²) in [4.78, 5) is 70.2. The lowest BCUT2D eigenvalue weighted by Crippen LogP contribution is -2.46. The van der Waals surface area contributed by atoms with Crippen molar-refractivity contribution in [2.24, 2.45) is 5.92 Å². The quantitative estimate of drug-likeness (QED) is 0.313. The highest BCUT2D eigenvalue weighted by molar-refractivity contribution is 6.26. The van der Waals surface area contributed by atoms with Crippen molar-refractivity contribution in [3.8, 4) is 0 Å². The molecule has 0 bridgehead atoms. The van der Waals surface area contributed by atoms with Crippen LogP contribution < -0.4 is 0 Å². The lowest BCUT2D eigenvalue weighted by atomic mass is 9.91. The Morgan fingerprint density at radius 3 is 1.50 bits per heavy atom. The maximum atomic E-state index is 13.3. The first-order valence-electron chi connectivity index (χ1n) is 14.5. The molecule has 0 N–H and O–H groups in total. The average Bonchev–Trinajstić information content (AvgIpc) is 3.02. The third kappa shape index (κ3) is 4.17. The Morgan fingerprint density at radius 2 is 1.05 bits per heavy atom. The summed E-state index contributed by atoms with van der Waals surface area (Å²) in [6, 6.07) is 22.0. The molecule has 4 aromatic carbocycles. The van der Waals surface area contributed by atoms with Crippen molar-refractivity contribution in [1.82, 2.24) is 14.7 Å². The van der Waals surface area contributed by atoms with Crippen molar-refractivity contribution >= 4 is 51.1 Å². The van der Waals surface area contributed by atoms with E-state index in [0.29, 0.717) is 66.5 Å². The minimum absolute atomic E-state index is 0.0152. The van der Waals surface area contributed by atoms with Gasteiger partial charge in [0.25, 0.3) is 23.6 Å². The zero-order valence-corrected chi connectivity index (χ0v) is 23.0. The van der Waals surface area contributed by atoms with Gasteiger partial charge in [-0.25, -0.2) is 0 Å². The molecule has 0 saturated carbocycles. The number of hydrogen-bond acceptors (Lipinski definition) is 5. The second-order valence-corrected chi connectivity index (χ2v) is 11.3. The SMILES string of the molecule is O=C(CCCN1C(=O)c2cccc3cccc(c23)C1=O)N1CCC(CN2C(=O)c3cccc4cccc(c34)C2=O)CC1. The summed E-state index contributed by atoms with van der Waals surface area (Å²) in [5, 5.41) is 3.16. The third-order valence-corrected chi connectivity index (χ3v) is 8.89. The van der Waals surface area contributed by atoms with E-state index in [0.717, 1.165) is 16.2 Å². The first-order chi connectivity index (χ1) is 20.4. The molecule has 7 rings (SSSR count). The van der Waals surface area contributed by atoms with Gasteiger partial charge in [0.1, 0.15) is 0 Å². The van der Waals surface area contributed by atoms with Gasteiger partial charge in [0.05, 0.1) is 0 Å². The standard InChI is InChI=1S/C34H29N3O5/c38-28(14-5-17-36-31(39)24-10-1-6-22-7-2-11-25(29(22)24)32(36)40)35-18-15-21(16-19-35)20-37-33(41)26-12-3-8-23-9-4-13-27(30(23)26)34(37)42/h1-4,6-13,21H,5,14-20H2. The van der Waals surface area contributed by atoms with E-state index < -0.39 is 0 Å². The molecular weight excluding hydrogens is 530 g/mol. The molecule has 1 saturated heterocycles. The van der Waals surface area contributed by atoms with Gasteiger partial charge in [-0.1, -0.05) is 48.5 Å². The van der Waals surface area contributed by atoms with Crippen LogP contribution in [0.3, 0.4) is 0 Å². The maximum absolute atomic E-state index is 13.3. The van der Waals surface area contributed by atoms with Crippen LogP contribution >= 0.6 is 0 Å². The first-order valence-corrected chi connectivity index (χ1v) is 14.5. The summed E-state index contributed by atoms with van der Waals surface area (Å²) < 4.78 is 0. The molecule has 0 spiro atoms. The Bertz CT molecular complexity index is 1720. The van der Waals surface area contributed by atoms with Gasteiger partial charge in [0.15, 0.2) is 0 Å². The Labute approximate surface area is 242 Å². The van der Waals surface area contributed by atoms with Gasteiger partial charge < -0.3 is 4.90 Å². The lowest BCUT2D eigenvalue weighted by Gasteiger charge is -2.35. The van der Waals surface area contributed by atoms with Gasteiger partial charge in [0.2, 0.25) is 5.91 Å². The van der Waals surface area contributed by atoms with Crippen LogP contribution in [-0.4, -0.2) is 70.4 Å². The monoisotopic (exact) mass is 559 g/mol. The summed E-state index contributed by atoms with van der Waals surface area (Å²) >= 11 is 0. The molecule has 0 atom stereocenters. The number of likely N-dealkylation sites (tertiary alicyclic amines) is 1. The van der Waals surface area contributed by atoms with Crippen molar-refractivity contribution in [2.75, 3.05) is 26.2 Å². The Balaban J connectivity index is 0.938. The summed E-state index contributed by atoms with van der Waals surface area (Å²) in [6.07, 6.45) is 2.00. The maximum Gasteiger partial charge on any atom is 0.261 e. The van der Waals surface area contributed by atoms with Crippen molar-refractivity contribution in [3.63, 3.8) is 0 Å². The highest BCUT2D eigenvalue weighted by atomic mass is 16.2. The fourth-order valence-electron chi connectivity index (χ4n) is 6.70. The number of carbonyl (C=O) groups is 5. The molecule has 0 radical (unpaired) electrons. The molecule has 3 heterocycles. The molecule has 8 heteroatoms. The van der Waals surface area contributed by atoms with E-state index in [1.807, 2.05) is 53.4 Å². The normalized spacial score (nSPS) is 17.1. The lowest BCUT2D eigenvalue weighted by molar-refractivity contribution is -0.132. The van der Waals surface area contributed by atoms with Crippen LogP contribution in [0.2, 0.25) is 0 Å². The van der Waals surface area contributed by atoms with Gasteiger partial charge in [-0.05, 0) is 60.2 Å². The van der Waals surface area contributed by atoms with Crippen LogP contribution in [0.5, 0.6) is 0 Å². The van der Waals surface area contributed by atoms with E-state index >= 15 is 0 Å². The van der Waals surface area contributed by atoms with E-state index in [-0.39, 0.29) is 48.4 Å². The van der Waals surface area contributed by atoms with Crippen LogP contribution in [0, 0.1) is 5.92 Å². The number of amides is 5. The van der Waals surface area contributed by atoms with Crippen LogP contribution in [0.25, 0.3) is 21.5 Å². The summed E-state index contributed by atoms with van der Waals surface area (Å²) in [7, 11) is 0. The second-order valence-electron chi connectivity index (χ2n) is 11.3. The zero-order valence-electron chi connectivity index (χ0n) is 23.0. The van der Waals surface area contributed by atoms with E-state index in [4.69, 9.17) is 0 Å². The number of rotatable bonds is 6. The number of piperidine rings is 1. The smallest absolute Gasteiger partial charge is 0.261 e. The molecular formula is C34H29N3O5. The van der Waals surface area contributed by atoms with Crippen molar-refractivity contribution < 1.29 is 24.0 Å². The largest absolute Gasteiger partial charge is 0.343 e. The molecule has 5 amide bonds. The average molecular weight is 560 g/mol. The molecule has 0 aromatic heterocycles. The minimum Gasteiger partial charge on any atom is -0.343 e. The summed E-state index contributed by atoms with van der Waals surface area (Å²) in [5.74, 6) is -1.07. The Morgan fingerprint density at radius 1 is 0.619 bits per heavy atom. The van der Waals surface area contributed by atoms with Gasteiger partial charge in [-0.15, -0.1) is 0 Å². The van der Waals surface area contributed by atoms with Gasteiger partial charge in [0, 0.05) is 65.6 Å². The van der Waals surface area contributed by atoms with Gasteiger partial charge in [-0.3, -0.25) is 33.8 Å². The van der Waals surface area contributed by atoms with Crippen molar-refractivity contribution in [3.05, 3.63) is 95.1 Å². The fourth-order valence-corrected chi connectivity index (χ4v) is 6.70. The molecule has 3 aliphatic rings. The predicted octanol–water partition coefficient (Wildman–Crippen LogP) is 4.90. The summed E-state index contributed by atoms with van der Waals surface area (Å²) in [5.41, 5.74) is 2.14. The van der Waals surface area contributed by atoms with E-state index in [2.05, 4.69) is 0 Å². The van der Waals surface area contributed by atoms with Crippen LogP contribution in [0.1, 0.15) is 67.1 Å². The number of carbonyl (C=O) groups excluding carboxylic acids is 5. The first kappa shape index (κ1) is 26.1. The molecule has 3 aliphatic heterocycles. The highest BCUT2D eigenvalue weighted by Gasteiger charge is 2.36. The topological polar surface area (TPSA) is 95.1 Å². The molecule has 0 unspecified atom stereocenters. The molecule has 0 aliphatic carbocycles. The van der Waals surface area contributed by atoms with Gasteiger partial charge >= 0.3 is 0 Å². The highest BCUT2D eigenvalue weighted by Crippen LogP contribution is 2.32. The third-order valence-electron chi connectivity index (χ3n) is 8.89. The van der Waals surface area contributed by atoms with Crippen LogP contribution in [0.15, 0.2) is 72.8 Å². The number of imide groups is 2. The molecule has 42 heavy (non-hydrogen) atoms. The van der Waals surface area contributed by atoms with Crippen molar-refractivity contribution in [2.45, 2.75) is 25.7 Å². The second kappa shape index (κ2) is 10.2. The zero-order chi connectivity index (χ0) is 29.0. The van der Waals surface area contributed by atoms with E-state index in [9.17, 15) is 24.0 Å². The number of hydrogen-bond donors (Lipinski definition) is 0. The predicted molar refractivity (Wildman–Crippen MR) is 157 cm³/mol. The van der Waals surface area contributed by atoms with Crippen LogP contribution in [-0.2, 0) is 4.79 Å². The number of benzene rings is 4. The van der Waals surface area contributed by atoms with Crippen molar-refractivity contribution in [1.29, 1.82) is 0 Å². The molecule has 1 fully saturated rings. The van der Waals surface area contributed by atoms with Gasteiger partial charge in [-0.2, -0.15) is 0 Å². The van der Waals surface area contributed by atoms with Crippen LogP contribution in [0.4, 0.5) is 0 Å². The number of nitrogens with zero attached hydrogens (tertiary/aromatic N) is 3. The van der Waals surface area contributed by atoms with E-state index in [1.165, 1.54) is 9.80 Å².